The van der Waals surface area contributed by atoms with E-state index in [2.05, 4.69) is 5.32 Å². The second-order valence-corrected chi connectivity index (χ2v) is 10.1. The predicted molar refractivity (Wildman–Crippen MR) is 134 cm³/mol. The topological polar surface area (TPSA) is 74.1 Å². The fraction of sp³-hybridized carbons (Fsp3) is 0.200. The first-order valence-electron chi connectivity index (χ1n) is 10.7. The Balaban J connectivity index is 1.37. The molecular weight excluding hydrogens is 452 g/mol. The Morgan fingerprint density at radius 1 is 1.12 bits per heavy atom. The van der Waals surface area contributed by atoms with Gasteiger partial charge in [-0.2, -0.15) is 0 Å². The number of thioether (sulfide) groups is 1. The number of hydrogen-bond donors (Lipinski definition) is 1. The zero-order valence-corrected chi connectivity index (χ0v) is 19.6. The molecule has 3 heterocycles. The van der Waals surface area contributed by atoms with Crippen LogP contribution in [0.25, 0.3) is 0 Å². The van der Waals surface area contributed by atoms with Crippen LogP contribution in [0.1, 0.15) is 22.9 Å². The molecule has 1 aromatic heterocycles. The van der Waals surface area contributed by atoms with Gasteiger partial charge in [-0.25, -0.2) is 9.89 Å². The van der Waals surface area contributed by atoms with Crippen molar-refractivity contribution in [3.8, 4) is 0 Å². The number of amides is 2. The normalized spacial score (nSPS) is 17.7. The van der Waals surface area contributed by atoms with E-state index in [0.717, 1.165) is 21.7 Å². The van der Waals surface area contributed by atoms with Gasteiger partial charge in [0, 0.05) is 16.9 Å². The number of aliphatic imine (C=N–C) groups is 2. The lowest BCUT2D eigenvalue weighted by molar-refractivity contribution is -0.124. The molecular formula is C25H22N4O2S2. The van der Waals surface area contributed by atoms with Crippen molar-refractivity contribution in [1.82, 2.24) is 10.2 Å². The van der Waals surface area contributed by atoms with Crippen LogP contribution in [0, 0.1) is 0 Å². The predicted octanol–water partition coefficient (Wildman–Crippen LogP) is 4.39. The molecule has 1 N–H and O–H groups in total. The Kier molecular flexibility index (Phi) is 6.11. The van der Waals surface area contributed by atoms with E-state index in [0.29, 0.717) is 24.0 Å². The quantitative estimate of drug-likeness (QED) is 0.576. The van der Waals surface area contributed by atoms with E-state index >= 15 is 0 Å². The SMILES string of the molecule is C[C@@H](SC1=Nc2ccccc2C2=N[C@H](Cc3ccccc3)C(=O)N12)C(=O)NCc1cccs1. The standard InChI is InChI=1S/C25H22N4O2S2/c1-16(23(30)26-15-18-10-7-13-32-18)33-25-28-20-12-6-5-11-19(20)22-27-21(24(31)29(22)25)14-17-8-3-2-4-9-17/h2-13,16,21H,14-15H2,1H3,(H,26,30)/t16-,21-/m1/s1. The average molecular weight is 475 g/mol. The summed E-state index contributed by atoms with van der Waals surface area (Å²) in [6, 6.07) is 21.0. The lowest BCUT2D eigenvalue weighted by atomic mass is 10.1. The Morgan fingerprint density at radius 2 is 1.91 bits per heavy atom. The molecule has 2 aliphatic rings. The molecule has 0 saturated heterocycles. The van der Waals surface area contributed by atoms with E-state index in [1.165, 1.54) is 11.8 Å². The van der Waals surface area contributed by atoms with Gasteiger partial charge >= 0.3 is 0 Å². The Hall–Kier alpha value is -3.23. The number of thiophene rings is 1. The number of para-hydroxylation sites is 1. The molecule has 5 rings (SSSR count). The Bertz CT molecular complexity index is 1240. The van der Waals surface area contributed by atoms with Gasteiger partial charge in [-0.3, -0.25) is 14.6 Å². The van der Waals surface area contributed by atoms with E-state index in [-0.39, 0.29) is 11.8 Å². The third-order valence-corrected chi connectivity index (χ3v) is 7.42. The van der Waals surface area contributed by atoms with E-state index in [1.54, 1.807) is 16.2 Å². The number of rotatable bonds is 6. The van der Waals surface area contributed by atoms with Crippen LogP contribution in [0.15, 0.2) is 82.1 Å². The van der Waals surface area contributed by atoms with Gasteiger partial charge in [0.25, 0.3) is 5.91 Å². The van der Waals surface area contributed by atoms with Crippen molar-refractivity contribution < 1.29 is 9.59 Å². The van der Waals surface area contributed by atoms with Gasteiger partial charge in [0.2, 0.25) is 5.91 Å². The third-order valence-electron chi connectivity index (χ3n) is 5.49. The molecule has 2 atom stereocenters. The van der Waals surface area contributed by atoms with Crippen molar-refractivity contribution in [3.05, 3.63) is 88.1 Å². The summed E-state index contributed by atoms with van der Waals surface area (Å²) in [5, 5.41) is 5.03. The summed E-state index contributed by atoms with van der Waals surface area (Å²) in [4.78, 5) is 38.4. The minimum absolute atomic E-state index is 0.0964. The van der Waals surface area contributed by atoms with Gasteiger partial charge in [-0.15, -0.1) is 11.3 Å². The Morgan fingerprint density at radius 3 is 2.70 bits per heavy atom. The molecule has 0 bridgehead atoms. The van der Waals surface area contributed by atoms with Crippen molar-refractivity contribution in [2.45, 2.75) is 31.2 Å². The molecule has 0 spiro atoms. The number of benzene rings is 2. The van der Waals surface area contributed by atoms with Crippen molar-refractivity contribution >= 4 is 51.6 Å². The Labute approximate surface area is 200 Å². The summed E-state index contributed by atoms with van der Waals surface area (Å²) < 4.78 is 0. The van der Waals surface area contributed by atoms with Crippen molar-refractivity contribution in [2.24, 2.45) is 9.98 Å². The van der Waals surface area contributed by atoms with Crippen LogP contribution in [0.5, 0.6) is 0 Å². The summed E-state index contributed by atoms with van der Waals surface area (Å²) in [6.45, 7) is 2.32. The number of carbonyl (C=O) groups is 2. The van der Waals surface area contributed by atoms with Crippen LogP contribution in [0.4, 0.5) is 5.69 Å². The third kappa shape index (κ3) is 4.49. The summed E-state index contributed by atoms with van der Waals surface area (Å²) in [6.07, 6.45) is 0.524. The van der Waals surface area contributed by atoms with Crippen molar-refractivity contribution in [3.63, 3.8) is 0 Å². The molecule has 0 aliphatic carbocycles. The van der Waals surface area contributed by atoms with Gasteiger partial charge in [0.15, 0.2) is 5.17 Å². The highest BCUT2D eigenvalue weighted by Gasteiger charge is 2.42. The van der Waals surface area contributed by atoms with Crippen LogP contribution in [0.2, 0.25) is 0 Å². The molecule has 166 valence electrons. The van der Waals surface area contributed by atoms with Crippen LogP contribution in [-0.4, -0.2) is 39.0 Å². The fourth-order valence-corrected chi connectivity index (χ4v) is 5.38. The number of nitrogens with zero attached hydrogens (tertiary/aromatic N) is 3. The highest BCUT2D eigenvalue weighted by molar-refractivity contribution is 8.15. The molecule has 33 heavy (non-hydrogen) atoms. The summed E-state index contributed by atoms with van der Waals surface area (Å²) >= 11 is 2.89. The molecule has 0 unspecified atom stereocenters. The molecule has 8 heteroatoms. The maximum absolute atomic E-state index is 13.4. The molecule has 2 amide bonds. The minimum atomic E-state index is -0.512. The van der Waals surface area contributed by atoms with Gasteiger partial charge in [-0.05, 0) is 36.1 Å². The summed E-state index contributed by atoms with van der Waals surface area (Å²) in [5.74, 6) is 0.405. The second-order valence-electron chi connectivity index (χ2n) is 7.80. The lowest BCUT2D eigenvalue weighted by Gasteiger charge is -2.26. The average Bonchev–Trinajstić information content (AvgIpc) is 3.47. The molecule has 2 aliphatic heterocycles. The fourth-order valence-electron chi connectivity index (χ4n) is 3.79. The van der Waals surface area contributed by atoms with E-state index in [4.69, 9.17) is 9.98 Å². The van der Waals surface area contributed by atoms with Crippen LogP contribution in [0.3, 0.4) is 0 Å². The second kappa shape index (κ2) is 9.33. The van der Waals surface area contributed by atoms with Crippen molar-refractivity contribution in [1.29, 1.82) is 0 Å². The number of nitrogens with one attached hydrogen (secondary N) is 1. The van der Waals surface area contributed by atoms with Crippen molar-refractivity contribution in [2.75, 3.05) is 0 Å². The van der Waals surface area contributed by atoms with Crippen LogP contribution in [-0.2, 0) is 22.6 Å². The first-order valence-corrected chi connectivity index (χ1v) is 12.5. The molecule has 0 radical (unpaired) electrons. The maximum Gasteiger partial charge on any atom is 0.259 e. The molecule has 0 saturated carbocycles. The lowest BCUT2D eigenvalue weighted by Crippen LogP contribution is -2.43. The summed E-state index contributed by atoms with van der Waals surface area (Å²) in [7, 11) is 0. The molecule has 2 aromatic carbocycles. The van der Waals surface area contributed by atoms with Crippen LogP contribution >= 0.6 is 23.1 Å². The zero-order valence-electron chi connectivity index (χ0n) is 18.0. The maximum atomic E-state index is 13.4. The first-order chi connectivity index (χ1) is 16.1. The number of amidine groups is 2. The smallest absolute Gasteiger partial charge is 0.259 e. The molecule has 6 nitrogen and oxygen atoms in total. The van der Waals surface area contributed by atoms with E-state index < -0.39 is 11.3 Å². The molecule has 3 aromatic rings. The highest BCUT2D eigenvalue weighted by atomic mass is 32.2. The first kappa shape index (κ1) is 21.6. The zero-order chi connectivity index (χ0) is 22.8. The number of hydrogen-bond acceptors (Lipinski definition) is 6. The van der Waals surface area contributed by atoms with Gasteiger partial charge in [0.1, 0.15) is 11.9 Å². The summed E-state index contributed by atoms with van der Waals surface area (Å²) in [5.41, 5.74) is 2.65. The monoisotopic (exact) mass is 474 g/mol. The number of carbonyl (C=O) groups excluding carboxylic acids is 2. The largest absolute Gasteiger partial charge is 0.350 e. The van der Waals surface area contributed by atoms with E-state index in [1.807, 2.05) is 79.0 Å². The minimum Gasteiger partial charge on any atom is -0.350 e. The van der Waals surface area contributed by atoms with Gasteiger partial charge < -0.3 is 5.32 Å². The molecule has 0 fully saturated rings. The van der Waals surface area contributed by atoms with E-state index in [9.17, 15) is 9.59 Å². The van der Waals surface area contributed by atoms with Crippen LogP contribution < -0.4 is 5.32 Å². The van der Waals surface area contributed by atoms with Gasteiger partial charge in [0.05, 0.1) is 17.5 Å². The van der Waals surface area contributed by atoms with Gasteiger partial charge in [-0.1, -0.05) is 60.3 Å². The number of fused-ring (bicyclic) bond motifs is 3. The highest BCUT2D eigenvalue weighted by Crippen LogP contribution is 2.35.